The molecule has 0 bridgehead atoms. The van der Waals surface area contributed by atoms with Gasteiger partial charge in [-0.3, -0.25) is 9.59 Å². The molecule has 0 heterocycles. The number of rotatable bonds is 6. The van der Waals surface area contributed by atoms with Gasteiger partial charge in [0.05, 0.1) is 12.1 Å². The molecule has 0 atom stereocenters. The predicted molar refractivity (Wildman–Crippen MR) is 96.5 cm³/mol. The Morgan fingerprint density at radius 1 is 1.08 bits per heavy atom. The van der Waals surface area contributed by atoms with E-state index in [0.717, 1.165) is 10.0 Å². The minimum atomic E-state index is -0.930. The molecule has 0 spiro atoms. The van der Waals surface area contributed by atoms with Crippen molar-refractivity contribution in [1.29, 1.82) is 0 Å². The summed E-state index contributed by atoms with van der Waals surface area (Å²) in [5.74, 6) is -1.34. The van der Waals surface area contributed by atoms with Gasteiger partial charge >= 0.3 is 5.97 Å². The average molecular weight is 410 g/mol. The second-order valence-electron chi connectivity index (χ2n) is 4.91. The van der Waals surface area contributed by atoms with Crippen LogP contribution in [-0.4, -0.2) is 22.7 Å². The fourth-order valence-electron chi connectivity index (χ4n) is 1.94. The summed E-state index contributed by atoms with van der Waals surface area (Å²) in [4.78, 5) is 22.9. The van der Waals surface area contributed by atoms with Crippen molar-refractivity contribution in [2.24, 2.45) is 5.10 Å². The summed E-state index contributed by atoms with van der Waals surface area (Å²) in [7, 11) is 0. The predicted octanol–water partition coefficient (Wildman–Crippen LogP) is 4.10. The Kier molecular flexibility index (Phi) is 6.52. The number of halogens is 2. The van der Waals surface area contributed by atoms with Gasteiger partial charge in [-0.2, -0.15) is 5.10 Å². The lowest BCUT2D eigenvalue weighted by Gasteiger charge is -2.07. The smallest absolute Gasteiger partial charge is 0.303 e. The molecule has 0 saturated heterocycles. The second kappa shape index (κ2) is 8.61. The van der Waals surface area contributed by atoms with Crippen LogP contribution in [0, 0.1) is 0 Å². The second-order valence-corrected chi connectivity index (χ2v) is 6.26. The maximum Gasteiger partial charge on any atom is 0.303 e. The summed E-state index contributed by atoms with van der Waals surface area (Å²) in [5.41, 5.74) is 4.05. The van der Waals surface area contributed by atoms with E-state index in [-0.39, 0.29) is 12.8 Å². The molecule has 2 aromatic rings. The molecule has 0 aromatic heterocycles. The number of aliphatic carboxylic acids is 1. The number of nitrogens with zero attached hydrogens (tertiary/aromatic N) is 1. The van der Waals surface area contributed by atoms with E-state index in [1.165, 1.54) is 6.07 Å². The summed E-state index contributed by atoms with van der Waals surface area (Å²) in [5, 5.41) is 13.4. The van der Waals surface area contributed by atoms with E-state index in [1.807, 2.05) is 12.1 Å². The lowest BCUT2D eigenvalue weighted by atomic mass is 10.1. The molecule has 0 aliphatic rings. The zero-order valence-corrected chi connectivity index (χ0v) is 14.8. The van der Waals surface area contributed by atoms with Crippen LogP contribution in [0.4, 0.5) is 0 Å². The Balaban J connectivity index is 2.19. The van der Waals surface area contributed by atoms with E-state index in [9.17, 15) is 9.59 Å². The monoisotopic (exact) mass is 408 g/mol. The molecule has 0 unspecified atom stereocenters. The molecular formula is C17H14BrClN2O3. The highest BCUT2D eigenvalue weighted by atomic mass is 79.9. The Morgan fingerprint density at radius 2 is 1.79 bits per heavy atom. The van der Waals surface area contributed by atoms with Gasteiger partial charge in [0, 0.05) is 21.5 Å². The third-order valence-electron chi connectivity index (χ3n) is 3.13. The van der Waals surface area contributed by atoms with E-state index in [1.54, 1.807) is 30.3 Å². The number of amides is 1. The molecular weight excluding hydrogens is 396 g/mol. The molecule has 1 amide bonds. The van der Waals surface area contributed by atoms with Crippen LogP contribution in [0.3, 0.4) is 0 Å². The molecule has 124 valence electrons. The van der Waals surface area contributed by atoms with Gasteiger partial charge in [0.1, 0.15) is 0 Å². The summed E-state index contributed by atoms with van der Waals surface area (Å²) in [6.45, 7) is 0. The molecule has 7 heteroatoms. The minimum absolute atomic E-state index is 0.0814. The maximum atomic E-state index is 12.1. The molecule has 2 N–H and O–H groups in total. The first-order valence-electron chi connectivity index (χ1n) is 7.06. The molecule has 2 rings (SSSR count). The normalized spacial score (nSPS) is 11.2. The highest BCUT2D eigenvalue weighted by Crippen LogP contribution is 2.14. The van der Waals surface area contributed by atoms with E-state index >= 15 is 0 Å². The van der Waals surface area contributed by atoms with E-state index in [0.29, 0.717) is 16.3 Å². The van der Waals surface area contributed by atoms with E-state index < -0.39 is 11.9 Å². The van der Waals surface area contributed by atoms with Crippen molar-refractivity contribution < 1.29 is 14.7 Å². The zero-order valence-electron chi connectivity index (χ0n) is 12.5. The van der Waals surface area contributed by atoms with Gasteiger partial charge < -0.3 is 5.11 Å². The topological polar surface area (TPSA) is 78.8 Å². The van der Waals surface area contributed by atoms with Crippen LogP contribution in [0.5, 0.6) is 0 Å². The van der Waals surface area contributed by atoms with Crippen molar-refractivity contribution in [3.05, 3.63) is 69.2 Å². The van der Waals surface area contributed by atoms with Gasteiger partial charge in [-0.15, -0.1) is 0 Å². The van der Waals surface area contributed by atoms with Gasteiger partial charge in [0.15, 0.2) is 0 Å². The van der Waals surface area contributed by atoms with Gasteiger partial charge in [0.25, 0.3) is 5.91 Å². The third kappa shape index (κ3) is 5.47. The molecule has 0 radical (unpaired) electrons. The molecule has 24 heavy (non-hydrogen) atoms. The highest BCUT2D eigenvalue weighted by Gasteiger charge is 2.10. The van der Waals surface area contributed by atoms with Crippen LogP contribution in [0.1, 0.15) is 28.8 Å². The lowest BCUT2D eigenvalue weighted by molar-refractivity contribution is -0.136. The number of carbonyl (C=O) groups is 2. The number of carboxylic acids is 1. The molecule has 5 nitrogen and oxygen atoms in total. The van der Waals surface area contributed by atoms with Crippen molar-refractivity contribution in [2.75, 3.05) is 0 Å². The third-order valence-corrected chi connectivity index (χ3v) is 3.90. The molecule has 0 saturated carbocycles. The number of carboxylic acid groups (broad SMARTS) is 1. The van der Waals surface area contributed by atoms with Gasteiger partial charge in [-0.25, -0.2) is 5.43 Å². The van der Waals surface area contributed by atoms with Crippen LogP contribution >= 0.6 is 27.5 Å². The lowest BCUT2D eigenvalue weighted by Crippen LogP contribution is -2.20. The largest absolute Gasteiger partial charge is 0.481 e. The van der Waals surface area contributed by atoms with Crippen LogP contribution < -0.4 is 5.43 Å². The van der Waals surface area contributed by atoms with Crippen molar-refractivity contribution in [3.63, 3.8) is 0 Å². The average Bonchev–Trinajstić information content (AvgIpc) is 2.55. The molecule has 0 fully saturated rings. The summed E-state index contributed by atoms with van der Waals surface area (Å²) in [6, 6.07) is 13.7. The van der Waals surface area contributed by atoms with Crippen molar-refractivity contribution >= 4 is 45.1 Å². The maximum absolute atomic E-state index is 12.1. The quantitative estimate of drug-likeness (QED) is 0.557. The molecule has 0 aliphatic carbocycles. The number of hydrogen-bond acceptors (Lipinski definition) is 3. The van der Waals surface area contributed by atoms with Crippen LogP contribution in [0.25, 0.3) is 0 Å². The van der Waals surface area contributed by atoms with Gasteiger partial charge in [-0.1, -0.05) is 45.7 Å². The zero-order chi connectivity index (χ0) is 17.5. The van der Waals surface area contributed by atoms with Gasteiger partial charge in [-0.05, 0) is 35.9 Å². The van der Waals surface area contributed by atoms with Crippen molar-refractivity contribution in [3.8, 4) is 0 Å². The van der Waals surface area contributed by atoms with Crippen molar-refractivity contribution in [2.45, 2.75) is 12.8 Å². The fourth-order valence-corrected chi connectivity index (χ4v) is 2.40. The summed E-state index contributed by atoms with van der Waals surface area (Å²) in [6.07, 6.45) is 0.120. The van der Waals surface area contributed by atoms with E-state index in [4.69, 9.17) is 16.7 Å². The number of hydrazone groups is 1. The SMILES string of the molecule is O=C(O)CC/C(=N/NC(=O)c1cccc(Cl)c1)c1ccc(Br)cc1. The van der Waals surface area contributed by atoms with Gasteiger partial charge in [0.2, 0.25) is 0 Å². The number of carbonyl (C=O) groups excluding carboxylic acids is 1. The van der Waals surface area contributed by atoms with Crippen LogP contribution in [0.2, 0.25) is 5.02 Å². The first-order chi connectivity index (χ1) is 11.5. The summed E-state index contributed by atoms with van der Waals surface area (Å²) >= 11 is 9.20. The number of benzene rings is 2. The molecule has 0 aliphatic heterocycles. The summed E-state index contributed by atoms with van der Waals surface area (Å²) < 4.78 is 0.895. The first kappa shape index (κ1) is 18.2. The Hall–Kier alpha value is -2.18. The fraction of sp³-hybridized carbons (Fsp3) is 0.118. The van der Waals surface area contributed by atoms with Crippen molar-refractivity contribution in [1.82, 2.24) is 5.43 Å². The Morgan fingerprint density at radius 3 is 2.42 bits per heavy atom. The number of nitrogens with one attached hydrogen (secondary N) is 1. The highest BCUT2D eigenvalue weighted by molar-refractivity contribution is 9.10. The van der Waals surface area contributed by atoms with Crippen LogP contribution in [0.15, 0.2) is 58.1 Å². The van der Waals surface area contributed by atoms with E-state index in [2.05, 4.69) is 26.5 Å². The Bertz CT molecular complexity index is 776. The van der Waals surface area contributed by atoms with Crippen LogP contribution in [-0.2, 0) is 4.79 Å². The standard InChI is InChI=1S/C17H14BrClN2O3/c18-13-6-4-11(5-7-13)15(8-9-16(22)23)20-21-17(24)12-2-1-3-14(19)10-12/h1-7,10H,8-9H2,(H,21,24)(H,22,23)/b20-15-. The Labute approximate surface area is 152 Å². The number of hydrogen-bond donors (Lipinski definition) is 2. The molecule has 2 aromatic carbocycles. The minimum Gasteiger partial charge on any atom is -0.481 e. The first-order valence-corrected chi connectivity index (χ1v) is 8.23.